The van der Waals surface area contributed by atoms with Crippen LogP contribution < -0.4 is 10.6 Å². The van der Waals surface area contributed by atoms with Crippen molar-refractivity contribution in [3.63, 3.8) is 0 Å². The minimum Gasteiger partial charge on any atom is -0.368 e. The van der Waals surface area contributed by atoms with E-state index in [-0.39, 0.29) is 29.1 Å². The largest absolute Gasteiger partial charge is 0.368 e. The molecule has 7 heteroatoms. The Kier molecular flexibility index (Phi) is 4.44. The molecule has 1 aliphatic heterocycles. The normalized spacial score (nSPS) is 20.7. The molecule has 0 aromatic heterocycles. The van der Waals surface area contributed by atoms with Crippen LogP contribution in [0, 0.1) is 5.82 Å². The van der Waals surface area contributed by atoms with Crippen LogP contribution in [-0.2, 0) is 9.53 Å². The lowest BCUT2D eigenvalue weighted by Gasteiger charge is -2.15. The van der Waals surface area contributed by atoms with Crippen LogP contribution in [0.25, 0.3) is 0 Å². The molecule has 1 saturated carbocycles. The minimum absolute atomic E-state index is 0.116. The predicted molar refractivity (Wildman–Crippen MR) is 82.2 cm³/mol. The van der Waals surface area contributed by atoms with Crippen molar-refractivity contribution in [2.24, 2.45) is 0 Å². The monoisotopic (exact) mass is 370 g/mol. The van der Waals surface area contributed by atoms with Gasteiger partial charge in [0.2, 0.25) is 0 Å². The molecule has 0 bridgehead atoms. The molecule has 0 unspecified atom stereocenters. The van der Waals surface area contributed by atoms with Crippen molar-refractivity contribution in [1.82, 2.24) is 5.32 Å². The fraction of sp³-hybridized carbons (Fsp3) is 0.467. The first-order valence-corrected chi connectivity index (χ1v) is 8.06. The van der Waals surface area contributed by atoms with Crippen LogP contribution in [0.3, 0.4) is 0 Å². The van der Waals surface area contributed by atoms with E-state index >= 15 is 0 Å². The van der Waals surface area contributed by atoms with E-state index in [1.54, 1.807) is 0 Å². The molecule has 2 amide bonds. The van der Waals surface area contributed by atoms with Gasteiger partial charge in [0.1, 0.15) is 11.9 Å². The summed E-state index contributed by atoms with van der Waals surface area (Å²) in [6.07, 6.45) is 2.82. The van der Waals surface area contributed by atoms with E-state index in [4.69, 9.17) is 4.74 Å². The number of halogens is 2. The molecule has 1 saturated heterocycles. The van der Waals surface area contributed by atoms with Crippen molar-refractivity contribution in [3.8, 4) is 0 Å². The Hall–Kier alpha value is -1.47. The lowest BCUT2D eigenvalue weighted by atomic mass is 10.1. The molecule has 2 fully saturated rings. The maximum absolute atomic E-state index is 13.6. The van der Waals surface area contributed by atoms with Gasteiger partial charge in [-0.15, -0.1) is 0 Å². The summed E-state index contributed by atoms with van der Waals surface area (Å²) in [4.78, 5) is 24.4. The summed E-state index contributed by atoms with van der Waals surface area (Å²) in [5.74, 6) is -1.24. The van der Waals surface area contributed by atoms with E-state index in [0.29, 0.717) is 17.5 Å². The van der Waals surface area contributed by atoms with Crippen LogP contribution in [0.15, 0.2) is 16.6 Å². The van der Waals surface area contributed by atoms with E-state index < -0.39 is 11.9 Å². The Morgan fingerprint density at radius 2 is 2.05 bits per heavy atom. The zero-order valence-corrected chi connectivity index (χ0v) is 13.4. The van der Waals surface area contributed by atoms with Crippen molar-refractivity contribution < 1.29 is 18.7 Å². The Labute approximate surface area is 135 Å². The van der Waals surface area contributed by atoms with Crippen molar-refractivity contribution in [2.45, 2.75) is 37.8 Å². The van der Waals surface area contributed by atoms with Gasteiger partial charge in [-0.05, 0) is 53.7 Å². The number of carbonyl (C=O) groups excluding carboxylic acids is 2. The van der Waals surface area contributed by atoms with Gasteiger partial charge in [-0.25, -0.2) is 4.39 Å². The number of hydrogen-bond donors (Lipinski definition) is 2. The molecule has 118 valence electrons. The first-order valence-electron chi connectivity index (χ1n) is 7.27. The molecule has 1 aromatic carbocycles. The highest BCUT2D eigenvalue weighted by molar-refractivity contribution is 9.10. The topological polar surface area (TPSA) is 67.4 Å². The van der Waals surface area contributed by atoms with Gasteiger partial charge in [0.25, 0.3) is 11.8 Å². The maximum Gasteiger partial charge on any atom is 0.253 e. The second-order valence-corrected chi connectivity index (χ2v) is 6.40. The third-order valence-corrected chi connectivity index (χ3v) is 4.31. The number of anilines is 1. The van der Waals surface area contributed by atoms with Gasteiger partial charge in [-0.1, -0.05) is 0 Å². The highest BCUT2D eigenvalue weighted by atomic mass is 79.9. The van der Waals surface area contributed by atoms with Gasteiger partial charge in [0.05, 0.1) is 11.3 Å². The average molecular weight is 371 g/mol. The molecule has 5 nitrogen and oxygen atoms in total. The van der Waals surface area contributed by atoms with Gasteiger partial charge in [0, 0.05) is 17.1 Å². The summed E-state index contributed by atoms with van der Waals surface area (Å²) in [6, 6.07) is 2.50. The van der Waals surface area contributed by atoms with Crippen LogP contribution in [0.4, 0.5) is 10.1 Å². The zero-order valence-electron chi connectivity index (χ0n) is 11.8. The van der Waals surface area contributed by atoms with Crippen LogP contribution in [0.1, 0.15) is 36.0 Å². The minimum atomic E-state index is -0.539. The highest BCUT2D eigenvalue weighted by Crippen LogP contribution is 2.30. The number of rotatable bonds is 4. The second-order valence-electron chi connectivity index (χ2n) is 5.55. The first-order chi connectivity index (χ1) is 10.5. The fourth-order valence-corrected chi connectivity index (χ4v) is 2.89. The lowest BCUT2D eigenvalue weighted by molar-refractivity contribution is -0.124. The summed E-state index contributed by atoms with van der Waals surface area (Å²) < 4.78 is 19.3. The number of hydrogen-bond acceptors (Lipinski definition) is 3. The third kappa shape index (κ3) is 3.47. The first kappa shape index (κ1) is 15.4. The lowest BCUT2D eigenvalue weighted by Crippen LogP contribution is -2.30. The highest BCUT2D eigenvalue weighted by Gasteiger charge is 2.28. The van der Waals surface area contributed by atoms with Crippen molar-refractivity contribution >= 4 is 33.4 Å². The van der Waals surface area contributed by atoms with E-state index in [1.807, 2.05) is 0 Å². The Morgan fingerprint density at radius 3 is 2.68 bits per heavy atom. The Morgan fingerprint density at radius 1 is 1.27 bits per heavy atom. The summed E-state index contributed by atoms with van der Waals surface area (Å²) in [6.45, 7) is 0.553. The molecule has 2 aliphatic rings. The predicted octanol–water partition coefficient (Wildman–Crippen LogP) is 2.60. The smallest absolute Gasteiger partial charge is 0.253 e. The molecular formula is C15H16BrFN2O3. The van der Waals surface area contributed by atoms with E-state index in [1.165, 1.54) is 6.07 Å². The number of nitrogens with one attached hydrogen (secondary N) is 2. The number of ether oxygens (including phenoxy) is 1. The molecule has 0 spiro atoms. The van der Waals surface area contributed by atoms with Gasteiger partial charge in [0.15, 0.2) is 0 Å². The quantitative estimate of drug-likeness (QED) is 0.855. The number of amides is 2. The Balaban J connectivity index is 1.84. The molecular weight excluding hydrogens is 355 g/mol. The fourth-order valence-electron chi connectivity index (χ4n) is 2.36. The molecule has 1 aromatic rings. The van der Waals surface area contributed by atoms with Crippen LogP contribution in [0.2, 0.25) is 0 Å². The van der Waals surface area contributed by atoms with Gasteiger partial charge >= 0.3 is 0 Å². The second kappa shape index (κ2) is 6.34. The SMILES string of the molecule is O=C(NC1CC1)c1cc(F)cc(Br)c1NC(=O)[C@@H]1CCCO1. The van der Waals surface area contributed by atoms with Crippen molar-refractivity contribution in [1.29, 1.82) is 0 Å². The number of carbonyl (C=O) groups is 2. The van der Waals surface area contributed by atoms with E-state index in [9.17, 15) is 14.0 Å². The molecule has 0 radical (unpaired) electrons. The molecule has 3 rings (SSSR count). The van der Waals surface area contributed by atoms with Crippen molar-refractivity contribution in [2.75, 3.05) is 11.9 Å². The molecule has 1 atom stereocenters. The summed E-state index contributed by atoms with van der Waals surface area (Å²) in [5.41, 5.74) is 0.394. The standard InChI is InChI=1S/C15H16BrFN2O3/c16-11-7-8(17)6-10(14(20)18-9-3-4-9)13(11)19-15(21)12-2-1-5-22-12/h6-7,9,12H,1-5H2,(H,18,20)(H,19,21)/t12-/m0/s1. The molecule has 22 heavy (non-hydrogen) atoms. The summed E-state index contributed by atoms with van der Waals surface area (Å²) >= 11 is 3.21. The average Bonchev–Trinajstić information content (AvgIpc) is 3.11. The molecule has 1 aliphatic carbocycles. The van der Waals surface area contributed by atoms with Gasteiger partial charge in [-0.3, -0.25) is 9.59 Å². The third-order valence-electron chi connectivity index (χ3n) is 3.68. The summed E-state index contributed by atoms with van der Waals surface area (Å²) in [7, 11) is 0. The van der Waals surface area contributed by atoms with Gasteiger partial charge in [-0.2, -0.15) is 0 Å². The number of benzene rings is 1. The molecule has 1 heterocycles. The van der Waals surface area contributed by atoms with Crippen molar-refractivity contribution in [3.05, 3.63) is 28.0 Å². The van der Waals surface area contributed by atoms with E-state index in [2.05, 4.69) is 26.6 Å². The van der Waals surface area contributed by atoms with Gasteiger partial charge < -0.3 is 15.4 Å². The van der Waals surface area contributed by atoms with E-state index in [0.717, 1.165) is 25.3 Å². The maximum atomic E-state index is 13.6. The Bertz CT molecular complexity index is 613. The summed E-state index contributed by atoms with van der Waals surface area (Å²) in [5, 5.41) is 5.48. The van der Waals surface area contributed by atoms with Crippen LogP contribution in [0.5, 0.6) is 0 Å². The molecule has 2 N–H and O–H groups in total. The zero-order chi connectivity index (χ0) is 15.7. The van der Waals surface area contributed by atoms with Crippen LogP contribution >= 0.6 is 15.9 Å². The van der Waals surface area contributed by atoms with Crippen LogP contribution in [-0.4, -0.2) is 30.6 Å².